The maximum atomic E-state index is 11.3. The molecule has 0 spiro atoms. The predicted molar refractivity (Wildman–Crippen MR) is 55.3 cm³/mol. The Morgan fingerprint density at radius 1 is 1.41 bits per heavy atom. The third kappa shape index (κ3) is 2.00. The van der Waals surface area contributed by atoms with Gasteiger partial charge in [0, 0.05) is 12.1 Å². The average Bonchev–Trinajstić information content (AvgIpc) is 2.71. The molecule has 8 heteroatoms. The standard InChI is InChI=1S/C9H7N3O5/c1-16-8-10-11(9(13)17-8)6-2-4-7(5-3-6)12(14)15/h2-5H,1H3. The summed E-state index contributed by atoms with van der Waals surface area (Å²) in [5.74, 6) is -0.726. The lowest BCUT2D eigenvalue weighted by Gasteiger charge is -1.96. The molecule has 0 bridgehead atoms. The molecule has 0 atom stereocenters. The van der Waals surface area contributed by atoms with Gasteiger partial charge in [-0.3, -0.25) is 10.1 Å². The summed E-state index contributed by atoms with van der Waals surface area (Å²) >= 11 is 0. The molecule has 1 heterocycles. The molecular weight excluding hydrogens is 230 g/mol. The van der Waals surface area contributed by atoms with E-state index in [4.69, 9.17) is 0 Å². The maximum absolute atomic E-state index is 11.3. The number of nitro groups is 1. The van der Waals surface area contributed by atoms with Gasteiger partial charge in [0.15, 0.2) is 0 Å². The van der Waals surface area contributed by atoms with Crippen LogP contribution >= 0.6 is 0 Å². The molecule has 1 aromatic heterocycles. The maximum Gasteiger partial charge on any atom is 0.444 e. The van der Waals surface area contributed by atoms with Crippen molar-refractivity contribution in [2.24, 2.45) is 0 Å². The fourth-order valence-corrected chi connectivity index (χ4v) is 1.22. The van der Waals surface area contributed by atoms with E-state index in [1.807, 2.05) is 0 Å². The molecule has 0 aliphatic carbocycles. The number of nitrogens with zero attached hydrogens (tertiary/aromatic N) is 3. The van der Waals surface area contributed by atoms with Crippen LogP contribution in [-0.4, -0.2) is 21.8 Å². The van der Waals surface area contributed by atoms with Crippen LogP contribution in [0.15, 0.2) is 33.5 Å². The quantitative estimate of drug-likeness (QED) is 0.576. The van der Waals surface area contributed by atoms with Gasteiger partial charge in [-0.05, 0) is 12.1 Å². The lowest BCUT2D eigenvalue weighted by Crippen LogP contribution is -2.13. The van der Waals surface area contributed by atoms with E-state index in [-0.39, 0.29) is 11.8 Å². The highest BCUT2D eigenvalue weighted by atomic mass is 16.6. The van der Waals surface area contributed by atoms with Gasteiger partial charge in [0.25, 0.3) is 5.69 Å². The minimum Gasteiger partial charge on any atom is -0.452 e. The summed E-state index contributed by atoms with van der Waals surface area (Å²) in [6, 6.07) is 5.31. The van der Waals surface area contributed by atoms with E-state index in [1.165, 1.54) is 31.4 Å². The zero-order valence-corrected chi connectivity index (χ0v) is 8.69. The molecule has 0 saturated carbocycles. The van der Waals surface area contributed by atoms with E-state index in [1.54, 1.807) is 0 Å². The summed E-state index contributed by atoms with van der Waals surface area (Å²) < 4.78 is 10.2. The molecule has 1 aromatic carbocycles. The SMILES string of the molecule is COc1nn(-c2ccc([N+](=O)[O-])cc2)c(=O)o1. The number of nitro benzene ring substituents is 1. The molecule has 8 nitrogen and oxygen atoms in total. The van der Waals surface area contributed by atoms with E-state index < -0.39 is 10.7 Å². The van der Waals surface area contributed by atoms with Crippen LogP contribution in [0.1, 0.15) is 0 Å². The largest absolute Gasteiger partial charge is 0.452 e. The molecule has 0 N–H and O–H groups in total. The Morgan fingerprint density at radius 3 is 2.53 bits per heavy atom. The number of hydrogen-bond acceptors (Lipinski definition) is 6. The number of methoxy groups -OCH3 is 1. The fourth-order valence-electron chi connectivity index (χ4n) is 1.22. The van der Waals surface area contributed by atoms with Crippen molar-refractivity contribution >= 4 is 5.69 Å². The zero-order chi connectivity index (χ0) is 12.4. The van der Waals surface area contributed by atoms with Crippen LogP contribution in [-0.2, 0) is 0 Å². The minimum absolute atomic E-state index is 0.0720. The summed E-state index contributed by atoms with van der Waals surface area (Å²) in [7, 11) is 1.31. The van der Waals surface area contributed by atoms with Gasteiger partial charge in [0.1, 0.15) is 0 Å². The van der Waals surface area contributed by atoms with Crippen molar-refractivity contribution in [3.63, 3.8) is 0 Å². The van der Waals surface area contributed by atoms with Crippen molar-refractivity contribution in [2.75, 3.05) is 7.11 Å². The number of benzene rings is 1. The van der Waals surface area contributed by atoms with Crippen LogP contribution in [0.2, 0.25) is 0 Å². The second-order valence-corrected chi connectivity index (χ2v) is 3.02. The average molecular weight is 237 g/mol. The van der Waals surface area contributed by atoms with Gasteiger partial charge < -0.3 is 9.15 Å². The molecule has 0 aliphatic rings. The summed E-state index contributed by atoms with van der Waals surface area (Å²) in [6.07, 6.45) is -0.173. The normalized spacial score (nSPS) is 10.2. The Kier molecular flexibility index (Phi) is 2.61. The topological polar surface area (TPSA) is 100 Å². The van der Waals surface area contributed by atoms with Crippen LogP contribution < -0.4 is 10.5 Å². The second kappa shape index (κ2) is 4.08. The summed E-state index contributed by atoms with van der Waals surface area (Å²) in [5, 5.41) is 14.2. The van der Waals surface area contributed by atoms with Crippen LogP contribution in [0, 0.1) is 10.1 Å². The fraction of sp³-hybridized carbons (Fsp3) is 0.111. The molecule has 0 amide bonds. The second-order valence-electron chi connectivity index (χ2n) is 3.02. The summed E-state index contributed by atoms with van der Waals surface area (Å²) in [6.45, 7) is 0. The molecule has 0 saturated heterocycles. The van der Waals surface area contributed by atoms with Gasteiger partial charge in [-0.25, -0.2) is 4.79 Å². The predicted octanol–water partition coefficient (Wildman–Crippen LogP) is 0.742. The van der Waals surface area contributed by atoms with Gasteiger partial charge in [0.2, 0.25) is 0 Å². The molecule has 2 aromatic rings. The van der Waals surface area contributed by atoms with Crippen LogP contribution in [0.4, 0.5) is 5.69 Å². The van der Waals surface area contributed by atoms with Gasteiger partial charge in [-0.2, -0.15) is 4.68 Å². The number of aromatic nitrogens is 2. The van der Waals surface area contributed by atoms with Crippen LogP contribution in [0.25, 0.3) is 5.69 Å². The molecule has 17 heavy (non-hydrogen) atoms. The Bertz CT molecular complexity index is 598. The first-order valence-electron chi connectivity index (χ1n) is 4.51. The van der Waals surface area contributed by atoms with Gasteiger partial charge >= 0.3 is 11.8 Å². The van der Waals surface area contributed by atoms with E-state index >= 15 is 0 Å². The van der Waals surface area contributed by atoms with Crippen molar-refractivity contribution < 1.29 is 14.1 Å². The highest BCUT2D eigenvalue weighted by Gasteiger charge is 2.11. The van der Waals surface area contributed by atoms with Crippen molar-refractivity contribution in [1.29, 1.82) is 0 Å². The zero-order valence-electron chi connectivity index (χ0n) is 8.69. The molecule has 0 unspecified atom stereocenters. The first kappa shape index (κ1) is 10.9. The lowest BCUT2D eigenvalue weighted by atomic mass is 10.3. The third-order valence-corrected chi connectivity index (χ3v) is 2.01. The highest BCUT2D eigenvalue weighted by Crippen LogP contribution is 2.14. The molecular formula is C9H7N3O5. The van der Waals surface area contributed by atoms with Crippen molar-refractivity contribution in [2.45, 2.75) is 0 Å². The molecule has 2 rings (SSSR count). The minimum atomic E-state index is -0.726. The van der Waals surface area contributed by atoms with Crippen molar-refractivity contribution in [1.82, 2.24) is 9.78 Å². The number of rotatable bonds is 3. The van der Waals surface area contributed by atoms with Gasteiger partial charge in [-0.1, -0.05) is 5.10 Å². The number of ether oxygens (including phenoxy) is 1. The first-order chi connectivity index (χ1) is 8.11. The highest BCUT2D eigenvalue weighted by molar-refractivity contribution is 5.39. The van der Waals surface area contributed by atoms with E-state index in [0.29, 0.717) is 5.69 Å². The van der Waals surface area contributed by atoms with Gasteiger partial charge in [0.05, 0.1) is 17.7 Å². The smallest absolute Gasteiger partial charge is 0.444 e. The Morgan fingerprint density at radius 2 is 2.06 bits per heavy atom. The summed E-state index contributed by atoms with van der Waals surface area (Å²) in [4.78, 5) is 21.3. The van der Waals surface area contributed by atoms with Gasteiger partial charge in [-0.15, -0.1) is 0 Å². The number of hydrogen-bond donors (Lipinski definition) is 0. The van der Waals surface area contributed by atoms with Crippen molar-refractivity contribution in [3.8, 4) is 11.8 Å². The number of non-ortho nitro benzene ring substituents is 1. The van der Waals surface area contributed by atoms with Crippen LogP contribution in [0.3, 0.4) is 0 Å². The summed E-state index contributed by atoms with van der Waals surface area (Å²) in [5.41, 5.74) is 0.282. The van der Waals surface area contributed by atoms with E-state index in [0.717, 1.165) is 4.68 Å². The van der Waals surface area contributed by atoms with E-state index in [9.17, 15) is 14.9 Å². The lowest BCUT2D eigenvalue weighted by molar-refractivity contribution is -0.384. The van der Waals surface area contributed by atoms with Crippen molar-refractivity contribution in [3.05, 3.63) is 44.9 Å². The van der Waals surface area contributed by atoms with Crippen LogP contribution in [0.5, 0.6) is 6.08 Å². The molecule has 0 radical (unpaired) electrons. The molecule has 0 fully saturated rings. The first-order valence-corrected chi connectivity index (χ1v) is 4.51. The molecule has 88 valence electrons. The monoisotopic (exact) mass is 237 g/mol. The molecule has 0 aliphatic heterocycles. The third-order valence-electron chi connectivity index (χ3n) is 2.01. The Balaban J connectivity index is 2.42. The Hall–Kier alpha value is -2.64. The van der Waals surface area contributed by atoms with E-state index in [2.05, 4.69) is 14.3 Å². The Labute approximate surface area is 94.2 Å².